The molecule has 2 rings (SSSR count). The molecule has 1 aromatic heterocycles. The fraction of sp³-hybridized carbons (Fsp3) is 0.250. The highest BCUT2D eigenvalue weighted by Crippen LogP contribution is 2.16. The molecule has 19 heavy (non-hydrogen) atoms. The quantitative estimate of drug-likeness (QED) is 0.904. The maximum absolute atomic E-state index is 12.0. The highest BCUT2D eigenvalue weighted by Gasteiger charge is 2.15. The summed E-state index contributed by atoms with van der Waals surface area (Å²) in [6.07, 6.45) is 2.33. The highest BCUT2D eigenvalue weighted by atomic mass is 79.9. The Morgan fingerprint density at radius 1 is 1.42 bits per heavy atom. The first kappa shape index (κ1) is 14.2. The van der Waals surface area contributed by atoms with Gasteiger partial charge >= 0.3 is 0 Å². The van der Waals surface area contributed by atoms with Gasteiger partial charge in [-0.25, -0.2) is 18.1 Å². The van der Waals surface area contributed by atoms with Gasteiger partial charge in [0.05, 0.1) is 17.6 Å². The minimum atomic E-state index is -3.56. The van der Waals surface area contributed by atoms with E-state index in [0.717, 1.165) is 12.2 Å². The maximum atomic E-state index is 12.0. The van der Waals surface area contributed by atoms with Crippen LogP contribution in [-0.4, -0.2) is 13.4 Å². The zero-order valence-electron chi connectivity index (χ0n) is 10.3. The number of hydrogen-bond donors (Lipinski definition) is 1. The van der Waals surface area contributed by atoms with Crippen molar-refractivity contribution in [1.82, 2.24) is 9.71 Å². The molecule has 1 aromatic carbocycles. The zero-order valence-corrected chi connectivity index (χ0v) is 12.7. The van der Waals surface area contributed by atoms with Crippen molar-refractivity contribution in [3.05, 3.63) is 46.6 Å². The van der Waals surface area contributed by atoms with Gasteiger partial charge in [-0.2, -0.15) is 0 Å². The second-order valence-corrected chi connectivity index (χ2v) is 6.54. The van der Waals surface area contributed by atoms with Crippen LogP contribution in [0.4, 0.5) is 0 Å². The second kappa shape index (κ2) is 5.85. The molecular formula is C12H13BrN2O3S. The fourth-order valence-corrected chi connectivity index (χ4v) is 3.04. The van der Waals surface area contributed by atoms with Gasteiger partial charge in [0.1, 0.15) is 5.76 Å². The number of benzene rings is 1. The summed E-state index contributed by atoms with van der Waals surface area (Å²) in [5, 5.41) is 0. The molecule has 0 saturated heterocycles. The van der Waals surface area contributed by atoms with Crippen LogP contribution in [0.1, 0.15) is 18.6 Å². The average molecular weight is 345 g/mol. The summed E-state index contributed by atoms with van der Waals surface area (Å²) in [5.41, 5.74) is 0. The van der Waals surface area contributed by atoms with Crippen LogP contribution in [0.3, 0.4) is 0 Å². The number of nitrogens with zero attached hydrogens (tertiary/aromatic N) is 1. The first-order valence-corrected chi connectivity index (χ1v) is 7.97. The van der Waals surface area contributed by atoms with E-state index >= 15 is 0 Å². The Hall–Kier alpha value is -1.18. The molecule has 0 aliphatic carbocycles. The predicted molar refractivity (Wildman–Crippen MR) is 74.0 cm³/mol. The molecule has 2 aromatic rings. The first-order chi connectivity index (χ1) is 9.01. The number of aromatic nitrogens is 1. The minimum Gasteiger partial charge on any atom is -0.444 e. The van der Waals surface area contributed by atoms with Gasteiger partial charge < -0.3 is 4.42 Å². The van der Waals surface area contributed by atoms with Gasteiger partial charge in [0.2, 0.25) is 15.9 Å². The van der Waals surface area contributed by atoms with Gasteiger partial charge in [0.15, 0.2) is 0 Å². The summed E-state index contributed by atoms with van der Waals surface area (Å²) in [5.74, 6) is 1.09. The summed E-state index contributed by atoms with van der Waals surface area (Å²) >= 11 is 3.24. The third-order valence-corrected chi connectivity index (χ3v) is 4.36. The molecule has 0 spiro atoms. The van der Waals surface area contributed by atoms with Gasteiger partial charge in [-0.3, -0.25) is 0 Å². The molecule has 1 N–H and O–H groups in total. The predicted octanol–water partition coefficient (Wildman–Crippen LogP) is 2.48. The molecule has 0 unspecified atom stereocenters. The van der Waals surface area contributed by atoms with Crippen molar-refractivity contribution in [1.29, 1.82) is 0 Å². The van der Waals surface area contributed by atoms with E-state index in [2.05, 4.69) is 25.6 Å². The molecule has 0 aliphatic rings. The van der Waals surface area contributed by atoms with E-state index in [4.69, 9.17) is 4.42 Å². The van der Waals surface area contributed by atoms with Gasteiger partial charge in [-0.1, -0.05) is 28.9 Å². The van der Waals surface area contributed by atoms with Crippen molar-refractivity contribution >= 4 is 26.0 Å². The summed E-state index contributed by atoms with van der Waals surface area (Å²) < 4.78 is 32.6. The molecule has 7 heteroatoms. The molecule has 102 valence electrons. The first-order valence-electron chi connectivity index (χ1n) is 5.70. The molecule has 0 saturated carbocycles. The molecule has 0 fully saturated rings. The lowest BCUT2D eigenvalue weighted by Crippen LogP contribution is -2.23. The Bertz CT molecular complexity index is 667. The van der Waals surface area contributed by atoms with Gasteiger partial charge in [0, 0.05) is 10.9 Å². The van der Waals surface area contributed by atoms with Crippen LogP contribution in [0.2, 0.25) is 0 Å². The third-order valence-electron chi connectivity index (χ3n) is 2.47. The standard InChI is InChI=1S/C12H13BrN2O3S/c1-2-10-7-14-12(18-10)8-15-19(16,17)11-5-3-4-9(13)6-11/h3-7,15H,2,8H2,1H3. The highest BCUT2D eigenvalue weighted by molar-refractivity contribution is 9.10. The van der Waals surface area contributed by atoms with Crippen molar-refractivity contribution in [3.8, 4) is 0 Å². The van der Waals surface area contributed by atoms with Gasteiger partial charge in [0.25, 0.3) is 0 Å². The van der Waals surface area contributed by atoms with Crippen molar-refractivity contribution in [2.45, 2.75) is 24.8 Å². The maximum Gasteiger partial charge on any atom is 0.241 e. The number of sulfonamides is 1. The van der Waals surface area contributed by atoms with Crippen LogP contribution in [0.25, 0.3) is 0 Å². The van der Waals surface area contributed by atoms with Crippen molar-refractivity contribution in [2.24, 2.45) is 0 Å². The second-order valence-electron chi connectivity index (χ2n) is 3.86. The number of aryl methyl sites for hydroxylation is 1. The number of nitrogens with one attached hydrogen (secondary N) is 1. The van der Waals surface area contributed by atoms with Crippen LogP contribution in [0, 0.1) is 0 Å². The Labute approximate surface area is 120 Å². The average Bonchev–Trinajstić information content (AvgIpc) is 2.84. The molecule has 0 aliphatic heterocycles. The summed E-state index contributed by atoms with van der Waals surface area (Å²) in [6, 6.07) is 6.50. The lowest BCUT2D eigenvalue weighted by Gasteiger charge is -2.05. The summed E-state index contributed by atoms with van der Waals surface area (Å²) in [7, 11) is -3.56. The lowest BCUT2D eigenvalue weighted by atomic mass is 10.4. The Morgan fingerprint density at radius 3 is 2.84 bits per heavy atom. The molecule has 5 nitrogen and oxygen atoms in total. The number of hydrogen-bond acceptors (Lipinski definition) is 4. The van der Waals surface area contributed by atoms with Crippen LogP contribution in [-0.2, 0) is 23.0 Å². The van der Waals surface area contributed by atoms with Gasteiger partial charge in [-0.05, 0) is 18.2 Å². The largest absolute Gasteiger partial charge is 0.444 e. The fourth-order valence-electron chi connectivity index (χ4n) is 1.47. The smallest absolute Gasteiger partial charge is 0.241 e. The van der Waals surface area contributed by atoms with E-state index in [-0.39, 0.29) is 11.4 Å². The SMILES string of the molecule is CCc1cnc(CNS(=O)(=O)c2cccc(Br)c2)o1. The summed E-state index contributed by atoms with van der Waals surface area (Å²) in [4.78, 5) is 4.20. The molecule has 0 amide bonds. The van der Waals surface area contributed by atoms with Crippen molar-refractivity contribution in [2.75, 3.05) is 0 Å². The van der Waals surface area contributed by atoms with E-state index in [1.54, 1.807) is 18.3 Å². The molecule has 1 heterocycles. The Kier molecular flexibility index (Phi) is 4.38. The van der Waals surface area contributed by atoms with Crippen LogP contribution >= 0.6 is 15.9 Å². The third kappa shape index (κ3) is 3.65. The Balaban J connectivity index is 2.09. The van der Waals surface area contributed by atoms with E-state index in [1.165, 1.54) is 12.1 Å². The number of oxazole rings is 1. The topological polar surface area (TPSA) is 72.2 Å². The van der Waals surface area contributed by atoms with E-state index in [0.29, 0.717) is 10.4 Å². The minimum absolute atomic E-state index is 0.0366. The molecular weight excluding hydrogens is 332 g/mol. The van der Waals surface area contributed by atoms with Crippen LogP contribution in [0.5, 0.6) is 0 Å². The van der Waals surface area contributed by atoms with E-state index in [9.17, 15) is 8.42 Å². The number of halogens is 1. The molecule has 0 atom stereocenters. The molecule has 0 radical (unpaired) electrons. The van der Waals surface area contributed by atoms with E-state index < -0.39 is 10.0 Å². The monoisotopic (exact) mass is 344 g/mol. The van der Waals surface area contributed by atoms with Crippen LogP contribution < -0.4 is 4.72 Å². The number of rotatable bonds is 5. The normalized spacial score (nSPS) is 11.7. The van der Waals surface area contributed by atoms with Crippen molar-refractivity contribution < 1.29 is 12.8 Å². The van der Waals surface area contributed by atoms with Gasteiger partial charge in [-0.15, -0.1) is 0 Å². The molecule has 0 bridgehead atoms. The Morgan fingerprint density at radius 2 is 2.21 bits per heavy atom. The summed E-state index contributed by atoms with van der Waals surface area (Å²) in [6.45, 7) is 1.98. The zero-order chi connectivity index (χ0) is 13.9. The van der Waals surface area contributed by atoms with E-state index in [1.807, 2.05) is 6.92 Å². The lowest BCUT2D eigenvalue weighted by molar-refractivity contribution is 0.452. The van der Waals surface area contributed by atoms with Crippen molar-refractivity contribution in [3.63, 3.8) is 0 Å². The van der Waals surface area contributed by atoms with Crippen LogP contribution in [0.15, 0.2) is 44.2 Å².